The third-order valence-electron chi connectivity index (χ3n) is 2.68. The zero-order valence-electron chi connectivity index (χ0n) is 8.60. The number of hydrogen-bond donors (Lipinski definition) is 1. The van der Waals surface area contributed by atoms with Gasteiger partial charge in [0.2, 0.25) is 0 Å². The minimum absolute atomic E-state index is 0.882. The minimum atomic E-state index is 0.882. The normalized spacial score (nSPS) is 14.6. The number of benzene rings is 1. The van der Waals surface area contributed by atoms with E-state index >= 15 is 0 Å². The number of likely N-dealkylation sites (N-methyl/N-ethyl adjacent to an activating group) is 1. The number of rotatable bonds is 2. The standard InChI is InChI=1S/C11H15ClN2/c1-13-7-8-5-9-3-4-14(2)11(9)10(12)6-8/h5-6,13H,3-4,7H2,1-2H3. The molecule has 0 spiro atoms. The summed E-state index contributed by atoms with van der Waals surface area (Å²) in [6, 6.07) is 4.31. The second kappa shape index (κ2) is 3.79. The van der Waals surface area contributed by atoms with Crippen LogP contribution in [0.3, 0.4) is 0 Å². The van der Waals surface area contributed by atoms with Gasteiger partial charge in [-0.3, -0.25) is 0 Å². The summed E-state index contributed by atoms with van der Waals surface area (Å²) in [5.41, 5.74) is 3.86. The van der Waals surface area contributed by atoms with Crippen LogP contribution in [-0.2, 0) is 13.0 Å². The second-order valence-corrected chi connectivity index (χ2v) is 4.19. The zero-order chi connectivity index (χ0) is 10.1. The Morgan fingerprint density at radius 2 is 2.29 bits per heavy atom. The summed E-state index contributed by atoms with van der Waals surface area (Å²) in [5, 5.41) is 4.02. The molecule has 1 aromatic rings. The molecular formula is C11H15ClN2. The average Bonchev–Trinajstić information content (AvgIpc) is 2.48. The van der Waals surface area contributed by atoms with E-state index in [1.807, 2.05) is 7.05 Å². The van der Waals surface area contributed by atoms with Crippen molar-refractivity contribution in [3.63, 3.8) is 0 Å². The minimum Gasteiger partial charge on any atom is -0.373 e. The van der Waals surface area contributed by atoms with Gasteiger partial charge in [-0.25, -0.2) is 0 Å². The summed E-state index contributed by atoms with van der Waals surface area (Å²) in [6.45, 7) is 1.97. The van der Waals surface area contributed by atoms with Crippen molar-refractivity contribution in [1.82, 2.24) is 5.32 Å². The Labute approximate surface area is 89.9 Å². The van der Waals surface area contributed by atoms with E-state index in [1.54, 1.807) is 0 Å². The van der Waals surface area contributed by atoms with E-state index in [-0.39, 0.29) is 0 Å². The first-order valence-corrected chi connectivity index (χ1v) is 5.27. The second-order valence-electron chi connectivity index (χ2n) is 3.79. The lowest BCUT2D eigenvalue weighted by Crippen LogP contribution is -2.13. The predicted octanol–water partition coefficient (Wildman–Crippen LogP) is 2.05. The maximum Gasteiger partial charge on any atom is 0.0645 e. The number of fused-ring (bicyclic) bond motifs is 1. The molecule has 0 radical (unpaired) electrons. The number of nitrogens with one attached hydrogen (secondary N) is 1. The summed E-state index contributed by atoms with van der Waals surface area (Å²) in [7, 11) is 4.04. The summed E-state index contributed by atoms with van der Waals surface area (Å²) >= 11 is 6.24. The van der Waals surface area contributed by atoms with Gasteiger partial charge in [-0.1, -0.05) is 17.7 Å². The lowest BCUT2D eigenvalue weighted by Gasteiger charge is -2.14. The van der Waals surface area contributed by atoms with Gasteiger partial charge in [-0.2, -0.15) is 0 Å². The van der Waals surface area contributed by atoms with E-state index in [1.165, 1.54) is 16.8 Å². The fraction of sp³-hybridized carbons (Fsp3) is 0.455. The van der Waals surface area contributed by atoms with Gasteiger partial charge < -0.3 is 10.2 Å². The van der Waals surface area contributed by atoms with Gasteiger partial charge in [0.25, 0.3) is 0 Å². The van der Waals surface area contributed by atoms with Crippen LogP contribution in [0.2, 0.25) is 5.02 Å². The SMILES string of the molecule is CNCc1cc(Cl)c2c(c1)CCN2C. The number of anilines is 1. The Balaban J connectivity index is 2.41. The molecule has 1 N–H and O–H groups in total. The molecule has 0 atom stereocenters. The lowest BCUT2D eigenvalue weighted by molar-refractivity contribution is 0.817. The third-order valence-corrected chi connectivity index (χ3v) is 2.97. The van der Waals surface area contributed by atoms with Crippen LogP contribution in [0.4, 0.5) is 5.69 Å². The molecule has 1 heterocycles. The van der Waals surface area contributed by atoms with Crippen molar-refractivity contribution in [2.45, 2.75) is 13.0 Å². The van der Waals surface area contributed by atoms with Crippen molar-refractivity contribution in [2.75, 3.05) is 25.5 Å². The van der Waals surface area contributed by atoms with Crippen molar-refractivity contribution in [3.05, 3.63) is 28.3 Å². The molecule has 3 heteroatoms. The van der Waals surface area contributed by atoms with Crippen LogP contribution in [0.15, 0.2) is 12.1 Å². The Morgan fingerprint density at radius 1 is 1.50 bits per heavy atom. The van der Waals surface area contributed by atoms with E-state index < -0.39 is 0 Å². The Hall–Kier alpha value is -0.730. The maximum atomic E-state index is 6.24. The van der Waals surface area contributed by atoms with Crippen LogP contribution in [0, 0.1) is 0 Å². The maximum absolute atomic E-state index is 6.24. The molecule has 0 aromatic heterocycles. The van der Waals surface area contributed by atoms with Gasteiger partial charge in [-0.15, -0.1) is 0 Å². The first-order chi connectivity index (χ1) is 6.72. The molecular weight excluding hydrogens is 196 g/mol. The van der Waals surface area contributed by atoms with E-state index in [4.69, 9.17) is 11.6 Å². The van der Waals surface area contributed by atoms with E-state index in [0.717, 1.165) is 24.5 Å². The molecule has 76 valence electrons. The molecule has 0 fully saturated rings. The van der Waals surface area contributed by atoms with E-state index in [2.05, 4.69) is 29.4 Å². The molecule has 2 rings (SSSR count). The van der Waals surface area contributed by atoms with Crippen LogP contribution in [0.5, 0.6) is 0 Å². The highest BCUT2D eigenvalue weighted by molar-refractivity contribution is 6.33. The van der Waals surface area contributed by atoms with Crippen LogP contribution in [0.1, 0.15) is 11.1 Å². The highest BCUT2D eigenvalue weighted by Gasteiger charge is 2.19. The molecule has 2 nitrogen and oxygen atoms in total. The number of nitrogens with zero attached hydrogens (tertiary/aromatic N) is 1. The largest absolute Gasteiger partial charge is 0.373 e. The summed E-state index contributed by atoms with van der Waals surface area (Å²) in [5.74, 6) is 0. The van der Waals surface area contributed by atoms with Crippen molar-refractivity contribution in [2.24, 2.45) is 0 Å². The molecule has 0 saturated carbocycles. The molecule has 0 saturated heterocycles. The van der Waals surface area contributed by atoms with Gasteiger partial charge in [-0.05, 0) is 30.7 Å². The quantitative estimate of drug-likeness (QED) is 0.804. The van der Waals surface area contributed by atoms with Crippen molar-refractivity contribution < 1.29 is 0 Å². The van der Waals surface area contributed by atoms with Crippen LogP contribution in [0.25, 0.3) is 0 Å². The van der Waals surface area contributed by atoms with Gasteiger partial charge in [0, 0.05) is 20.1 Å². The summed E-state index contributed by atoms with van der Waals surface area (Å²) < 4.78 is 0. The van der Waals surface area contributed by atoms with Crippen LogP contribution in [-0.4, -0.2) is 20.6 Å². The number of hydrogen-bond acceptors (Lipinski definition) is 2. The molecule has 14 heavy (non-hydrogen) atoms. The van der Waals surface area contributed by atoms with Gasteiger partial charge >= 0.3 is 0 Å². The third kappa shape index (κ3) is 1.60. The van der Waals surface area contributed by atoms with E-state index in [0.29, 0.717) is 0 Å². The molecule has 0 bridgehead atoms. The highest BCUT2D eigenvalue weighted by atomic mass is 35.5. The fourth-order valence-electron chi connectivity index (χ4n) is 2.04. The smallest absolute Gasteiger partial charge is 0.0645 e. The van der Waals surface area contributed by atoms with Gasteiger partial charge in [0.15, 0.2) is 0 Å². The first-order valence-electron chi connectivity index (χ1n) is 4.89. The molecule has 0 aliphatic carbocycles. The summed E-state index contributed by atoms with van der Waals surface area (Å²) in [6.07, 6.45) is 1.11. The zero-order valence-corrected chi connectivity index (χ0v) is 9.36. The molecule has 0 unspecified atom stereocenters. The van der Waals surface area contributed by atoms with Crippen LogP contribution < -0.4 is 10.2 Å². The topological polar surface area (TPSA) is 15.3 Å². The van der Waals surface area contributed by atoms with Gasteiger partial charge in [0.05, 0.1) is 10.7 Å². The molecule has 1 aliphatic heterocycles. The van der Waals surface area contributed by atoms with Crippen LogP contribution >= 0.6 is 11.6 Å². The van der Waals surface area contributed by atoms with Gasteiger partial charge in [0.1, 0.15) is 0 Å². The molecule has 0 amide bonds. The predicted molar refractivity (Wildman–Crippen MR) is 61.2 cm³/mol. The average molecular weight is 211 g/mol. The Morgan fingerprint density at radius 3 is 3.00 bits per heavy atom. The number of halogens is 1. The van der Waals surface area contributed by atoms with Crippen molar-refractivity contribution in [1.29, 1.82) is 0 Å². The lowest BCUT2D eigenvalue weighted by atomic mass is 10.1. The molecule has 1 aromatic carbocycles. The Bertz CT molecular complexity index is 349. The van der Waals surface area contributed by atoms with Crippen molar-refractivity contribution in [3.8, 4) is 0 Å². The molecule has 1 aliphatic rings. The summed E-state index contributed by atoms with van der Waals surface area (Å²) in [4.78, 5) is 2.22. The monoisotopic (exact) mass is 210 g/mol. The van der Waals surface area contributed by atoms with E-state index in [9.17, 15) is 0 Å². The first kappa shape index (κ1) is 9.81. The fourth-order valence-corrected chi connectivity index (χ4v) is 2.45. The highest BCUT2D eigenvalue weighted by Crippen LogP contribution is 2.35. The van der Waals surface area contributed by atoms with Crippen molar-refractivity contribution >= 4 is 17.3 Å². The Kier molecular flexibility index (Phi) is 2.66.